The maximum absolute atomic E-state index is 13.4. The van der Waals surface area contributed by atoms with Crippen LogP contribution in [0.1, 0.15) is 52.7 Å². The molecule has 0 spiro atoms. The molecule has 0 saturated carbocycles. The number of rotatable bonds is 4. The van der Waals surface area contributed by atoms with Crippen LogP contribution in [0.3, 0.4) is 0 Å². The number of hydrogen-bond acceptors (Lipinski definition) is 3. The van der Waals surface area contributed by atoms with Crippen molar-refractivity contribution in [3.63, 3.8) is 0 Å². The molecule has 0 bridgehead atoms. The molecule has 0 aliphatic rings. The van der Waals surface area contributed by atoms with Gasteiger partial charge in [-0.1, -0.05) is 75.9 Å². The van der Waals surface area contributed by atoms with E-state index in [0.717, 1.165) is 27.6 Å². The molecule has 0 N–H and O–H groups in total. The maximum atomic E-state index is 13.4. The first kappa shape index (κ1) is 23.9. The van der Waals surface area contributed by atoms with Crippen molar-refractivity contribution in [3.05, 3.63) is 72.3 Å². The fourth-order valence-electron chi connectivity index (χ4n) is 3.27. The monoisotopic (exact) mass is 449 g/mol. The van der Waals surface area contributed by atoms with E-state index in [1.165, 1.54) is 0 Å². The highest BCUT2D eigenvalue weighted by Crippen LogP contribution is 2.44. The molecule has 0 radical (unpaired) electrons. The number of ether oxygens (including phenoxy) is 1. The van der Waals surface area contributed by atoms with Gasteiger partial charge in [0.1, 0.15) is 5.60 Å². The van der Waals surface area contributed by atoms with E-state index < -0.39 is 20.0 Å². The van der Waals surface area contributed by atoms with Crippen LogP contribution < -0.4 is 4.43 Å². The van der Waals surface area contributed by atoms with E-state index >= 15 is 0 Å². The molecule has 32 heavy (non-hydrogen) atoms. The van der Waals surface area contributed by atoms with Gasteiger partial charge in [0.25, 0.3) is 8.32 Å². The van der Waals surface area contributed by atoms with Crippen molar-refractivity contribution in [2.45, 2.75) is 65.3 Å². The largest absolute Gasteiger partial charge is 0.531 e. The summed E-state index contributed by atoms with van der Waals surface area (Å²) in [6.07, 6.45) is -0.450. The van der Waals surface area contributed by atoms with Crippen molar-refractivity contribution >= 4 is 30.9 Å². The van der Waals surface area contributed by atoms with Crippen LogP contribution in [0.25, 0.3) is 16.5 Å². The van der Waals surface area contributed by atoms with Gasteiger partial charge < -0.3 is 9.16 Å². The summed E-state index contributed by atoms with van der Waals surface area (Å²) >= 11 is 0. The van der Waals surface area contributed by atoms with Crippen LogP contribution in [0.4, 0.5) is 4.79 Å². The van der Waals surface area contributed by atoms with Crippen molar-refractivity contribution in [2.24, 2.45) is 0 Å². The Morgan fingerprint density at radius 1 is 0.906 bits per heavy atom. The van der Waals surface area contributed by atoms with Gasteiger partial charge in [-0.05, 0) is 56.1 Å². The molecule has 3 rings (SSSR count). The zero-order valence-corrected chi connectivity index (χ0v) is 21.6. The van der Waals surface area contributed by atoms with Crippen LogP contribution >= 0.6 is 0 Å². The molecule has 1 heterocycles. The number of carbonyl (C=O) groups excluding carboxylic acids is 1. The Hall–Kier alpha value is -2.79. The van der Waals surface area contributed by atoms with Crippen LogP contribution in [0.15, 0.2) is 61.2 Å². The van der Waals surface area contributed by atoms with Crippen LogP contribution in [0.5, 0.6) is 5.88 Å². The summed E-state index contributed by atoms with van der Waals surface area (Å²) in [5.41, 5.74) is 2.76. The topological polar surface area (TPSA) is 40.5 Å². The minimum atomic E-state index is -2.29. The van der Waals surface area contributed by atoms with Crippen LogP contribution in [-0.4, -0.2) is 24.6 Å². The second-order valence-electron chi connectivity index (χ2n) is 10.7. The molecule has 3 aromatic rings. The average Bonchev–Trinajstić information content (AvgIpc) is 2.99. The van der Waals surface area contributed by atoms with Crippen molar-refractivity contribution < 1.29 is 14.0 Å². The Balaban J connectivity index is 2.34. The standard InChI is InChI=1S/C27H35NO3Si/c1-19(20-15-11-10-12-16-20)23-21-17-13-14-18-22(21)28(25(29)30-26(2,3)4)24(23)31-32(8,9)27(5,6)7/h10-18H,1H2,2-9H3. The van der Waals surface area contributed by atoms with Gasteiger partial charge in [0.15, 0.2) is 5.88 Å². The van der Waals surface area contributed by atoms with Crippen molar-refractivity contribution in [1.29, 1.82) is 0 Å². The third-order valence-electron chi connectivity index (χ3n) is 5.99. The van der Waals surface area contributed by atoms with E-state index in [-0.39, 0.29) is 5.04 Å². The van der Waals surface area contributed by atoms with Crippen molar-refractivity contribution in [1.82, 2.24) is 4.57 Å². The normalized spacial score (nSPS) is 12.6. The van der Waals surface area contributed by atoms with Gasteiger partial charge in [-0.15, -0.1) is 0 Å². The Morgan fingerprint density at radius 3 is 2.03 bits per heavy atom. The fraction of sp³-hybridized carbons (Fsp3) is 0.370. The summed E-state index contributed by atoms with van der Waals surface area (Å²) in [5.74, 6) is 0.515. The van der Waals surface area contributed by atoms with Gasteiger partial charge in [-0.25, -0.2) is 9.36 Å². The summed E-state index contributed by atoms with van der Waals surface area (Å²) in [4.78, 5) is 13.4. The molecule has 0 fully saturated rings. The minimum Gasteiger partial charge on any atom is -0.531 e. The predicted octanol–water partition coefficient (Wildman–Crippen LogP) is 7.87. The van der Waals surface area contributed by atoms with Gasteiger partial charge in [0.2, 0.25) is 0 Å². The number of fused-ring (bicyclic) bond motifs is 1. The lowest BCUT2D eigenvalue weighted by atomic mass is 9.99. The number of para-hydroxylation sites is 1. The second kappa shape index (κ2) is 8.28. The third kappa shape index (κ3) is 4.68. The first-order valence-corrected chi connectivity index (χ1v) is 13.9. The highest BCUT2D eigenvalue weighted by Gasteiger charge is 2.41. The van der Waals surface area contributed by atoms with Crippen LogP contribution in [-0.2, 0) is 4.74 Å². The highest BCUT2D eigenvalue weighted by molar-refractivity contribution is 6.74. The molecule has 0 atom stereocenters. The fourth-order valence-corrected chi connectivity index (χ4v) is 4.25. The molecule has 5 heteroatoms. The summed E-state index contributed by atoms with van der Waals surface area (Å²) in [6.45, 7) is 20.9. The molecule has 170 valence electrons. The number of carbonyl (C=O) groups is 1. The first-order chi connectivity index (χ1) is 14.7. The maximum Gasteiger partial charge on any atom is 0.421 e. The zero-order chi connectivity index (χ0) is 23.9. The number of nitrogens with zero attached hydrogens (tertiary/aromatic N) is 1. The smallest absolute Gasteiger partial charge is 0.421 e. The van der Waals surface area contributed by atoms with E-state index in [2.05, 4.69) is 40.4 Å². The van der Waals surface area contributed by atoms with E-state index in [9.17, 15) is 4.79 Å². The lowest BCUT2D eigenvalue weighted by Crippen LogP contribution is -2.45. The van der Waals surface area contributed by atoms with Crippen molar-refractivity contribution in [3.8, 4) is 5.88 Å². The van der Waals surface area contributed by atoms with E-state index in [4.69, 9.17) is 9.16 Å². The molecule has 0 amide bonds. The lowest BCUT2D eigenvalue weighted by Gasteiger charge is -2.37. The Morgan fingerprint density at radius 2 is 1.47 bits per heavy atom. The first-order valence-electron chi connectivity index (χ1n) is 11.0. The van der Waals surface area contributed by atoms with E-state index in [1.54, 1.807) is 4.57 Å². The molecule has 0 saturated heterocycles. The van der Waals surface area contributed by atoms with Gasteiger partial charge >= 0.3 is 6.09 Å². The average molecular weight is 450 g/mol. The molecule has 2 aromatic carbocycles. The second-order valence-corrected chi connectivity index (χ2v) is 15.4. The molecule has 0 unspecified atom stereocenters. The molecular weight excluding hydrogens is 414 g/mol. The Labute approximate surface area is 193 Å². The predicted molar refractivity (Wildman–Crippen MR) is 136 cm³/mol. The Kier molecular flexibility index (Phi) is 6.18. The summed E-state index contributed by atoms with van der Waals surface area (Å²) < 4.78 is 14.2. The summed E-state index contributed by atoms with van der Waals surface area (Å²) in [7, 11) is -2.29. The third-order valence-corrected chi connectivity index (χ3v) is 10.3. The lowest BCUT2D eigenvalue weighted by molar-refractivity contribution is 0.0536. The van der Waals surface area contributed by atoms with E-state index in [0.29, 0.717) is 5.88 Å². The molecule has 0 aliphatic carbocycles. The van der Waals surface area contributed by atoms with Gasteiger partial charge in [0.05, 0.1) is 11.1 Å². The van der Waals surface area contributed by atoms with Gasteiger partial charge in [-0.2, -0.15) is 0 Å². The number of benzene rings is 2. The summed E-state index contributed by atoms with van der Waals surface area (Å²) in [6, 6.07) is 17.8. The number of aromatic nitrogens is 1. The van der Waals surface area contributed by atoms with Crippen LogP contribution in [0.2, 0.25) is 18.1 Å². The molecule has 1 aromatic heterocycles. The molecule has 4 nitrogen and oxygen atoms in total. The Bertz CT molecular complexity index is 1150. The molecular formula is C27H35NO3Si. The number of hydrogen-bond donors (Lipinski definition) is 0. The minimum absolute atomic E-state index is 0.0480. The highest BCUT2D eigenvalue weighted by atomic mass is 28.4. The molecule has 0 aliphatic heterocycles. The zero-order valence-electron chi connectivity index (χ0n) is 20.6. The van der Waals surface area contributed by atoms with Crippen molar-refractivity contribution in [2.75, 3.05) is 0 Å². The SMILES string of the molecule is C=C(c1ccccc1)c1c(O[Si](C)(C)C(C)(C)C)n(C(=O)OC(C)(C)C)c2ccccc12. The summed E-state index contributed by atoms with van der Waals surface area (Å²) in [5, 5.41) is 0.869. The van der Waals surface area contributed by atoms with Gasteiger partial charge in [-0.3, -0.25) is 0 Å². The quantitative estimate of drug-likeness (QED) is 0.380. The van der Waals surface area contributed by atoms with Crippen LogP contribution in [0, 0.1) is 0 Å². The van der Waals surface area contributed by atoms with E-state index in [1.807, 2.05) is 75.4 Å². The van der Waals surface area contributed by atoms with Gasteiger partial charge in [0, 0.05) is 5.39 Å².